The van der Waals surface area contributed by atoms with Gasteiger partial charge in [-0.25, -0.2) is 9.37 Å². The highest BCUT2D eigenvalue weighted by Crippen LogP contribution is 2.30. The molecule has 0 spiro atoms. The van der Waals surface area contributed by atoms with Crippen molar-refractivity contribution in [3.63, 3.8) is 0 Å². The summed E-state index contributed by atoms with van der Waals surface area (Å²) in [5, 5.41) is 3.06. The smallest absolute Gasteiger partial charge is 0.258 e. The van der Waals surface area contributed by atoms with Crippen LogP contribution >= 0.6 is 0 Å². The number of hydrogen-bond donors (Lipinski definition) is 1. The van der Waals surface area contributed by atoms with E-state index in [4.69, 9.17) is 4.74 Å². The highest BCUT2D eigenvalue weighted by molar-refractivity contribution is 5.45. The predicted octanol–water partition coefficient (Wildman–Crippen LogP) is 2.59. The summed E-state index contributed by atoms with van der Waals surface area (Å²) in [5.41, 5.74) is 2.04. The Hall–Kier alpha value is -2.37. The molecule has 1 N–H and O–H groups in total. The molecule has 6 heteroatoms. The summed E-state index contributed by atoms with van der Waals surface area (Å²) in [7, 11) is 1.67. The van der Waals surface area contributed by atoms with Gasteiger partial charge in [0.1, 0.15) is 11.6 Å². The second-order valence-electron chi connectivity index (χ2n) is 6.01. The van der Waals surface area contributed by atoms with Gasteiger partial charge in [-0.05, 0) is 18.1 Å². The van der Waals surface area contributed by atoms with Crippen molar-refractivity contribution in [1.29, 1.82) is 0 Å². The van der Waals surface area contributed by atoms with Crippen LogP contribution in [-0.2, 0) is 20.0 Å². The van der Waals surface area contributed by atoms with E-state index < -0.39 is 0 Å². The Morgan fingerprint density at radius 2 is 2.22 bits per heavy atom. The first-order chi connectivity index (χ1) is 11.0. The molecule has 2 heterocycles. The van der Waals surface area contributed by atoms with Crippen molar-refractivity contribution >= 4 is 5.95 Å². The third kappa shape index (κ3) is 2.81. The SMILES string of the molecule is CC(C)c1cnc(NCc2c(F)ccc3c2CCO3)n(C)c1=O. The molecule has 0 radical (unpaired) electrons. The van der Waals surface area contributed by atoms with Crippen LogP contribution in [-0.4, -0.2) is 16.2 Å². The Balaban J connectivity index is 1.87. The molecule has 0 saturated heterocycles. The van der Waals surface area contributed by atoms with Crippen LogP contribution in [0.3, 0.4) is 0 Å². The number of rotatable bonds is 4. The van der Waals surface area contributed by atoms with Crippen molar-refractivity contribution in [1.82, 2.24) is 9.55 Å². The van der Waals surface area contributed by atoms with Gasteiger partial charge in [-0.2, -0.15) is 0 Å². The molecule has 2 aromatic rings. The molecule has 0 amide bonds. The van der Waals surface area contributed by atoms with Crippen molar-refractivity contribution in [2.45, 2.75) is 32.7 Å². The Kier molecular flexibility index (Phi) is 4.07. The van der Waals surface area contributed by atoms with Crippen molar-refractivity contribution in [2.75, 3.05) is 11.9 Å². The van der Waals surface area contributed by atoms with Crippen molar-refractivity contribution in [3.8, 4) is 5.75 Å². The fraction of sp³-hybridized carbons (Fsp3) is 0.412. The maximum Gasteiger partial charge on any atom is 0.258 e. The fourth-order valence-corrected chi connectivity index (χ4v) is 2.80. The van der Waals surface area contributed by atoms with E-state index in [9.17, 15) is 9.18 Å². The average molecular weight is 317 g/mol. The Bertz CT molecular complexity index is 799. The summed E-state index contributed by atoms with van der Waals surface area (Å²) in [6.07, 6.45) is 2.28. The van der Waals surface area contributed by atoms with Gasteiger partial charge in [0, 0.05) is 42.9 Å². The van der Waals surface area contributed by atoms with Crippen LogP contribution in [0.25, 0.3) is 0 Å². The highest BCUT2D eigenvalue weighted by atomic mass is 19.1. The zero-order valence-electron chi connectivity index (χ0n) is 13.5. The summed E-state index contributed by atoms with van der Waals surface area (Å²) in [5.74, 6) is 1.00. The van der Waals surface area contributed by atoms with Gasteiger partial charge < -0.3 is 10.1 Å². The lowest BCUT2D eigenvalue weighted by Gasteiger charge is -2.14. The summed E-state index contributed by atoms with van der Waals surface area (Å²) < 4.78 is 21.0. The molecule has 0 fully saturated rings. The van der Waals surface area contributed by atoms with Crippen molar-refractivity contribution in [3.05, 3.63) is 51.2 Å². The molecule has 0 bridgehead atoms. The van der Waals surface area contributed by atoms with Gasteiger partial charge >= 0.3 is 0 Å². The van der Waals surface area contributed by atoms with E-state index in [1.165, 1.54) is 10.6 Å². The van der Waals surface area contributed by atoms with Crippen LogP contribution in [0.15, 0.2) is 23.1 Å². The predicted molar refractivity (Wildman–Crippen MR) is 86.5 cm³/mol. The van der Waals surface area contributed by atoms with Gasteiger partial charge in [0.25, 0.3) is 5.56 Å². The second kappa shape index (κ2) is 6.02. The lowest BCUT2D eigenvalue weighted by Crippen LogP contribution is -2.26. The fourth-order valence-electron chi connectivity index (χ4n) is 2.80. The zero-order valence-corrected chi connectivity index (χ0v) is 13.5. The number of nitrogens with zero attached hydrogens (tertiary/aromatic N) is 2. The van der Waals surface area contributed by atoms with Crippen molar-refractivity contribution in [2.24, 2.45) is 7.05 Å². The van der Waals surface area contributed by atoms with E-state index in [0.29, 0.717) is 30.1 Å². The van der Waals surface area contributed by atoms with Gasteiger partial charge in [-0.15, -0.1) is 0 Å². The molecule has 1 aliphatic heterocycles. The number of hydrogen-bond acceptors (Lipinski definition) is 4. The molecule has 1 aromatic carbocycles. The molecule has 122 valence electrons. The monoisotopic (exact) mass is 317 g/mol. The summed E-state index contributed by atoms with van der Waals surface area (Å²) in [4.78, 5) is 16.6. The normalized spacial score (nSPS) is 13.1. The van der Waals surface area contributed by atoms with Crippen LogP contribution in [0.4, 0.5) is 10.3 Å². The molecule has 1 aliphatic rings. The van der Waals surface area contributed by atoms with Gasteiger partial charge in [0.15, 0.2) is 0 Å². The lowest BCUT2D eigenvalue weighted by atomic mass is 10.0. The average Bonchev–Trinajstić information content (AvgIpc) is 2.98. The maximum atomic E-state index is 14.1. The number of ether oxygens (including phenoxy) is 1. The Morgan fingerprint density at radius 3 is 2.96 bits per heavy atom. The highest BCUT2D eigenvalue weighted by Gasteiger charge is 2.19. The van der Waals surface area contributed by atoms with Gasteiger partial charge in [-0.3, -0.25) is 9.36 Å². The summed E-state index contributed by atoms with van der Waals surface area (Å²) in [6, 6.07) is 3.07. The van der Waals surface area contributed by atoms with E-state index in [2.05, 4.69) is 10.3 Å². The number of nitrogens with one attached hydrogen (secondary N) is 1. The van der Waals surface area contributed by atoms with Crippen LogP contribution < -0.4 is 15.6 Å². The molecule has 0 aliphatic carbocycles. The zero-order chi connectivity index (χ0) is 16.6. The topological polar surface area (TPSA) is 56.2 Å². The molecule has 5 nitrogen and oxygen atoms in total. The standard InChI is InChI=1S/C17H20FN3O2/c1-10(2)12-8-19-17(21(3)16(12)22)20-9-13-11-6-7-23-15(11)5-4-14(13)18/h4-5,8,10H,6-7,9H2,1-3H3,(H,19,20). The minimum absolute atomic E-state index is 0.0837. The minimum Gasteiger partial charge on any atom is -0.493 e. The number of benzene rings is 1. The first kappa shape index (κ1) is 15.5. The molecular formula is C17H20FN3O2. The molecule has 23 heavy (non-hydrogen) atoms. The number of anilines is 1. The van der Waals surface area contributed by atoms with E-state index >= 15 is 0 Å². The first-order valence-corrected chi connectivity index (χ1v) is 7.72. The van der Waals surface area contributed by atoms with Crippen LogP contribution in [0.2, 0.25) is 0 Å². The number of halogens is 1. The molecule has 0 unspecified atom stereocenters. The Morgan fingerprint density at radius 1 is 1.43 bits per heavy atom. The summed E-state index contributed by atoms with van der Waals surface area (Å²) >= 11 is 0. The van der Waals surface area contributed by atoms with Crippen LogP contribution in [0, 0.1) is 5.82 Å². The number of fused-ring (bicyclic) bond motifs is 1. The molecular weight excluding hydrogens is 297 g/mol. The third-order valence-electron chi connectivity index (χ3n) is 4.18. The van der Waals surface area contributed by atoms with Crippen LogP contribution in [0.5, 0.6) is 5.75 Å². The van der Waals surface area contributed by atoms with E-state index in [0.717, 1.165) is 11.3 Å². The van der Waals surface area contributed by atoms with Crippen molar-refractivity contribution < 1.29 is 9.13 Å². The first-order valence-electron chi connectivity index (χ1n) is 7.72. The van der Waals surface area contributed by atoms with Gasteiger partial charge in [0.05, 0.1) is 6.61 Å². The maximum absolute atomic E-state index is 14.1. The molecule has 0 atom stereocenters. The quantitative estimate of drug-likeness (QED) is 0.942. The lowest BCUT2D eigenvalue weighted by molar-refractivity contribution is 0.356. The van der Waals surface area contributed by atoms with Crippen LogP contribution in [0.1, 0.15) is 36.5 Å². The van der Waals surface area contributed by atoms with E-state index in [1.54, 1.807) is 19.3 Å². The largest absolute Gasteiger partial charge is 0.493 e. The molecule has 1 aromatic heterocycles. The summed E-state index contributed by atoms with van der Waals surface area (Å²) in [6.45, 7) is 4.74. The second-order valence-corrected chi connectivity index (χ2v) is 6.01. The minimum atomic E-state index is -0.273. The van der Waals surface area contributed by atoms with Gasteiger partial charge in [-0.1, -0.05) is 13.8 Å². The Labute approximate surface area is 134 Å². The van der Waals surface area contributed by atoms with Gasteiger partial charge in [0.2, 0.25) is 5.95 Å². The number of aromatic nitrogens is 2. The van der Waals surface area contributed by atoms with E-state index in [-0.39, 0.29) is 23.8 Å². The third-order valence-corrected chi connectivity index (χ3v) is 4.18. The molecule has 3 rings (SSSR count). The molecule has 0 saturated carbocycles. The van der Waals surface area contributed by atoms with E-state index in [1.807, 2.05) is 13.8 Å².